The molecule has 0 fully saturated rings. The average molecular weight is 122 g/mol. The number of benzene rings is 1. The molecule has 1 heteroatoms. The summed E-state index contributed by atoms with van der Waals surface area (Å²) in [4.78, 5) is 0. The summed E-state index contributed by atoms with van der Waals surface area (Å²) in [7, 11) is 0. The number of para-hydroxylation sites is 1. The molecule has 0 aromatic heterocycles. The molecule has 1 aromatic rings. The second kappa shape index (κ2) is 4.91. The molecule has 48 valence electrons. The van der Waals surface area contributed by atoms with E-state index < -0.39 is 0 Å². The molecular formula is C8H10O. The third-order valence-electron chi connectivity index (χ3n) is 0.756. The summed E-state index contributed by atoms with van der Waals surface area (Å²) < 4.78 is 0. The van der Waals surface area contributed by atoms with Gasteiger partial charge in [0, 0.05) is 0 Å². The maximum absolute atomic E-state index is 8.63. The Hall–Kier alpha value is -1.24. The Morgan fingerprint density at radius 1 is 1.00 bits per heavy atom. The smallest absolute Gasteiger partial charge is 0.115 e. The minimum Gasteiger partial charge on any atom is -0.508 e. The van der Waals surface area contributed by atoms with Gasteiger partial charge in [-0.1, -0.05) is 18.2 Å². The summed E-state index contributed by atoms with van der Waals surface area (Å²) in [6.07, 6.45) is 0. The van der Waals surface area contributed by atoms with E-state index in [0.29, 0.717) is 5.75 Å². The van der Waals surface area contributed by atoms with Gasteiger partial charge in [-0.15, -0.1) is 13.2 Å². The van der Waals surface area contributed by atoms with E-state index in [-0.39, 0.29) is 0 Å². The highest BCUT2D eigenvalue weighted by atomic mass is 16.3. The zero-order valence-electron chi connectivity index (χ0n) is 5.25. The maximum Gasteiger partial charge on any atom is 0.115 e. The van der Waals surface area contributed by atoms with Gasteiger partial charge in [-0.05, 0) is 12.1 Å². The molecule has 0 spiro atoms. The van der Waals surface area contributed by atoms with Crippen molar-refractivity contribution in [2.45, 2.75) is 0 Å². The molecule has 1 nitrogen and oxygen atoms in total. The van der Waals surface area contributed by atoms with E-state index in [4.69, 9.17) is 5.11 Å². The zero-order valence-corrected chi connectivity index (χ0v) is 5.25. The summed E-state index contributed by atoms with van der Waals surface area (Å²) in [5.74, 6) is 0.322. The number of phenols is 1. The third kappa shape index (κ3) is 3.35. The Morgan fingerprint density at radius 3 is 1.67 bits per heavy atom. The Bertz CT molecular complexity index is 146. The van der Waals surface area contributed by atoms with Crippen molar-refractivity contribution in [1.29, 1.82) is 0 Å². The van der Waals surface area contributed by atoms with Gasteiger partial charge in [-0.3, -0.25) is 0 Å². The molecule has 0 unspecified atom stereocenters. The van der Waals surface area contributed by atoms with Gasteiger partial charge >= 0.3 is 0 Å². The lowest BCUT2D eigenvalue weighted by Crippen LogP contribution is -1.56. The van der Waals surface area contributed by atoms with Crippen LogP contribution in [-0.4, -0.2) is 5.11 Å². The first-order chi connectivity index (χ1) is 4.39. The molecule has 0 heterocycles. The van der Waals surface area contributed by atoms with Crippen molar-refractivity contribution >= 4 is 0 Å². The molecule has 1 rings (SSSR count). The van der Waals surface area contributed by atoms with E-state index in [9.17, 15) is 0 Å². The second-order valence-electron chi connectivity index (χ2n) is 1.34. The van der Waals surface area contributed by atoms with Crippen LogP contribution in [0.4, 0.5) is 0 Å². The molecule has 0 aliphatic heterocycles. The molecule has 0 aliphatic rings. The maximum atomic E-state index is 8.63. The lowest BCUT2D eigenvalue weighted by atomic mass is 10.3. The van der Waals surface area contributed by atoms with Crippen LogP contribution in [0.15, 0.2) is 43.5 Å². The molecule has 0 atom stereocenters. The van der Waals surface area contributed by atoms with Crippen LogP contribution >= 0.6 is 0 Å². The second-order valence-corrected chi connectivity index (χ2v) is 1.34. The minimum absolute atomic E-state index is 0.322. The highest BCUT2D eigenvalue weighted by Gasteiger charge is 1.74. The number of hydrogen-bond acceptors (Lipinski definition) is 1. The van der Waals surface area contributed by atoms with Crippen molar-refractivity contribution in [2.24, 2.45) is 0 Å². The molecular weight excluding hydrogens is 112 g/mol. The summed E-state index contributed by atoms with van der Waals surface area (Å²) >= 11 is 0. The van der Waals surface area contributed by atoms with Crippen molar-refractivity contribution in [3.63, 3.8) is 0 Å². The van der Waals surface area contributed by atoms with Crippen molar-refractivity contribution in [1.82, 2.24) is 0 Å². The number of rotatable bonds is 0. The molecule has 0 bridgehead atoms. The minimum atomic E-state index is 0.322. The normalized spacial score (nSPS) is 7.11. The summed E-state index contributed by atoms with van der Waals surface area (Å²) in [6, 6.07) is 8.71. The highest BCUT2D eigenvalue weighted by molar-refractivity contribution is 5.18. The van der Waals surface area contributed by atoms with Crippen LogP contribution in [0.2, 0.25) is 0 Å². The molecule has 1 N–H and O–H groups in total. The van der Waals surface area contributed by atoms with Crippen LogP contribution in [-0.2, 0) is 0 Å². The fourth-order valence-electron chi connectivity index (χ4n) is 0.428. The Kier molecular flexibility index (Phi) is 4.23. The van der Waals surface area contributed by atoms with Gasteiger partial charge in [0.15, 0.2) is 0 Å². The van der Waals surface area contributed by atoms with Crippen LogP contribution in [0.1, 0.15) is 0 Å². The lowest BCUT2D eigenvalue weighted by Gasteiger charge is -1.82. The largest absolute Gasteiger partial charge is 0.508 e. The molecule has 0 saturated heterocycles. The van der Waals surface area contributed by atoms with Crippen LogP contribution in [0.3, 0.4) is 0 Å². The molecule has 0 aliphatic carbocycles. The number of hydrogen-bond donors (Lipinski definition) is 1. The third-order valence-corrected chi connectivity index (χ3v) is 0.756. The van der Waals surface area contributed by atoms with Crippen molar-refractivity contribution in [3.8, 4) is 5.75 Å². The number of aromatic hydroxyl groups is 1. The fraction of sp³-hybridized carbons (Fsp3) is 0. The van der Waals surface area contributed by atoms with Gasteiger partial charge in [0.25, 0.3) is 0 Å². The standard InChI is InChI=1S/C6H6O.C2H4/c7-6-4-2-1-3-5-6;1-2/h1-5,7H;1-2H2. The fourth-order valence-corrected chi connectivity index (χ4v) is 0.428. The highest BCUT2D eigenvalue weighted by Crippen LogP contribution is 2.02. The van der Waals surface area contributed by atoms with Gasteiger partial charge in [-0.25, -0.2) is 0 Å². The van der Waals surface area contributed by atoms with E-state index in [1.807, 2.05) is 6.07 Å². The zero-order chi connectivity index (χ0) is 7.11. The van der Waals surface area contributed by atoms with Crippen LogP contribution in [0.5, 0.6) is 5.75 Å². The molecule has 0 radical (unpaired) electrons. The summed E-state index contributed by atoms with van der Waals surface area (Å²) in [5.41, 5.74) is 0. The molecule has 1 aromatic carbocycles. The van der Waals surface area contributed by atoms with E-state index >= 15 is 0 Å². The van der Waals surface area contributed by atoms with Gasteiger partial charge in [0.1, 0.15) is 5.75 Å². The Labute approximate surface area is 55.3 Å². The predicted molar refractivity (Wildman–Crippen MR) is 39.4 cm³/mol. The van der Waals surface area contributed by atoms with Gasteiger partial charge < -0.3 is 5.11 Å². The van der Waals surface area contributed by atoms with Crippen LogP contribution in [0, 0.1) is 0 Å². The quantitative estimate of drug-likeness (QED) is 0.523. The predicted octanol–water partition coefficient (Wildman–Crippen LogP) is 2.19. The lowest BCUT2D eigenvalue weighted by molar-refractivity contribution is 0.475. The van der Waals surface area contributed by atoms with Crippen molar-refractivity contribution < 1.29 is 5.11 Å². The Balaban J connectivity index is 0.000000291. The van der Waals surface area contributed by atoms with Gasteiger partial charge in [0.05, 0.1) is 0 Å². The van der Waals surface area contributed by atoms with Gasteiger partial charge in [0.2, 0.25) is 0 Å². The molecule has 9 heavy (non-hydrogen) atoms. The SMILES string of the molecule is C=C.Oc1ccccc1. The van der Waals surface area contributed by atoms with Crippen LogP contribution < -0.4 is 0 Å². The monoisotopic (exact) mass is 122 g/mol. The number of phenolic OH excluding ortho intramolecular Hbond substituents is 1. The van der Waals surface area contributed by atoms with Crippen molar-refractivity contribution in [2.75, 3.05) is 0 Å². The molecule has 0 saturated carbocycles. The van der Waals surface area contributed by atoms with E-state index in [1.54, 1.807) is 24.3 Å². The topological polar surface area (TPSA) is 20.2 Å². The molecule has 0 amide bonds. The first kappa shape index (κ1) is 7.76. The summed E-state index contributed by atoms with van der Waals surface area (Å²) in [5, 5.41) is 8.63. The van der Waals surface area contributed by atoms with E-state index in [2.05, 4.69) is 13.2 Å². The van der Waals surface area contributed by atoms with E-state index in [0.717, 1.165) is 0 Å². The van der Waals surface area contributed by atoms with Crippen LogP contribution in [0.25, 0.3) is 0 Å². The van der Waals surface area contributed by atoms with Gasteiger partial charge in [-0.2, -0.15) is 0 Å². The van der Waals surface area contributed by atoms with E-state index in [1.165, 1.54) is 0 Å². The average Bonchev–Trinajstić information content (AvgIpc) is 1.94. The summed E-state index contributed by atoms with van der Waals surface area (Å²) in [6.45, 7) is 6.00. The Morgan fingerprint density at radius 2 is 1.44 bits per heavy atom. The van der Waals surface area contributed by atoms with Crippen molar-refractivity contribution in [3.05, 3.63) is 43.5 Å². The first-order valence-electron chi connectivity index (χ1n) is 2.63. The first-order valence-corrected chi connectivity index (χ1v) is 2.63.